The highest BCUT2D eigenvalue weighted by atomic mass is 32.2. The highest BCUT2D eigenvalue weighted by Gasteiger charge is 2.34. The monoisotopic (exact) mass is 435 g/mol. The van der Waals surface area contributed by atoms with Gasteiger partial charge in [-0.05, 0) is 60.2 Å². The summed E-state index contributed by atoms with van der Waals surface area (Å²) in [5.74, 6) is -0.348. The van der Waals surface area contributed by atoms with Crippen molar-refractivity contribution in [2.45, 2.75) is 5.37 Å². The van der Waals surface area contributed by atoms with Crippen LogP contribution in [0.4, 0.5) is 21.5 Å². The summed E-state index contributed by atoms with van der Waals surface area (Å²) in [6.07, 6.45) is 0. The van der Waals surface area contributed by atoms with E-state index in [4.69, 9.17) is 0 Å². The number of nitrogens with one attached hydrogen (secondary N) is 1. The van der Waals surface area contributed by atoms with Gasteiger partial charge in [-0.3, -0.25) is 14.5 Å². The minimum atomic E-state index is -0.454. The van der Waals surface area contributed by atoms with Gasteiger partial charge < -0.3 is 10.2 Å². The molecule has 1 aliphatic rings. The van der Waals surface area contributed by atoms with Crippen molar-refractivity contribution in [2.75, 3.05) is 35.0 Å². The molecule has 0 aliphatic carbocycles. The molecule has 2 amide bonds. The smallest absolute Gasteiger partial charge is 0.255 e. The molecule has 0 saturated carbocycles. The largest absolute Gasteiger partial charge is 0.378 e. The number of benzene rings is 3. The van der Waals surface area contributed by atoms with Crippen LogP contribution in [0.25, 0.3) is 0 Å². The van der Waals surface area contributed by atoms with Crippen molar-refractivity contribution < 1.29 is 14.0 Å². The Hall–Kier alpha value is -3.32. The van der Waals surface area contributed by atoms with Crippen molar-refractivity contribution in [3.05, 3.63) is 89.7 Å². The van der Waals surface area contributed by atoms with Crippen LogP contribution in [0.2, 0.25) is 0 Å². The molecular weight excluding hydrogens is 413 g/mol. The Morgan fingerprint density at radius 2 is 1.77 bits per heavy atom. The Balaban J connectivity index is 1.51. The topological polar surface area (TPSA) is 52.6 Å². The molecule has 3 aromatic rings. The highest BCUT2D eigenvalue weighted by Crippen LogP contribution is 2.42. The number of nitrogens with zero attached hydrogens (tertiary/aromatic N) is 2. The van der Waals surface area contributed by atoms with Crippen LogP contribution in [-0.4, -0.2) is 31.7 Å². The Labute approximate surface area is 184 Å². The fourth-order valence-corrected chi connectivity index (χ4v) is 4.60. The van der Waals surface area contributed by atoms with Gasteiger partial charge >= 0.3 is 0 Å². The van der Waals surface area contributed by atoms with E-state index < -0.39 is 5.82 Å². The summed E-state index contributed by atoms with van der Waals surface area (Å²) in [4.78, 5) is 28.7. The van der Waals surface area contributed by atoms with Crippen LogP contribution in [-0.2, 0) is 4.79 Å². The maximum absolute atomic E-state index is 13.3. The van der Waals surface area contributed by atoms with Gasteiger partial charge in [0.05, 0.1) is 5.75 Å². The number of amides is 2. The number of carbonyl (C=O) groups excluding carboxylic acids is 2. The summed E-state index contributed by atoms with van der Waals surface area (Å²) in [6.45, 7) is 0. The van der Waals surface area contributed by atoms with E-state index in [0.29, 0.717) is 11.4 Å². The van der Waals surface area contributed by atoms with E-state index in [1.807, 2.05) is 60.3 Å². The van der Waals surface area contributed by atoms with Gasteiger partial charge in [0, 0.05) is 36.7 Å². The third-order valence-electron chi connectivity index (χ3n) is 5.05. The van der Waals surface area contributed by atoms with E-state index in [9.17, 15) is 14.0 Å². The zero-order chi connectivity index (χ0) is 22.0. The van der Waals surface area contributed by atoms with Crippen molar-refractivity contribution >= 4 is 40.6 Å². The van der Waals surface area contributed by atoms with Gasteiger partial charge in [-0.1, -0.05) is 18.2 Å². The van der Waals surface area contributed by atoms with E-state index in [2.05, 4.69) is 5.32 Å². The summed E-state index contributed by atoms with van der Waals surface area (Å²) in [6, 6.07) is 20.9. The quantitative estimate of drug-likeness (QED) is 0.618. The molecule has 1 atom stereocenters. The third kappa shape index (κ3) is 4.56. The molecule has 1 saturated heterocycles. The normalized spacial score (nSPS) is 15.8. The second kappa shape index (κ2) is 8.81. The number of anilines is 3. The average molecular weight is 436 g/mol. The molecule has 5 nitrogen and oxygen atoms in total. The maximum Gasteiger partial charge on any atom is 0.255 e. The van der Waals surface area contributed by atoms with Crippen molar-refractivity contribution in [1.29, 1.82) is 0 Å². The summed E-state index contributed by atoms with van der Waals surface area (Å²) < 4.78 is 13.3. The van der Waals surface area contributed by atoms with Crippen LogP contribution in [0.15, 0.2) is 72.8 Å². The Morgan fingerprint density at radius 3 is 2.42 bits per heavy atom. The fraction of sp³-hybridized carbons (Fsp3) is 0.167. The number of hydrogen-bond acceptors (Lipinski definition) is 4. The van der Waals surface area contributed by atoms with Gasteiger partial charge in [0.15, 0.2) is 0 Å². The van der Waals surface area contributed by atoms with Gasteiger partial charge in [-0.2, -0.15) is 0 Å². The molecular formula is C24H22FN3O2S. The number of rotatable bonds is 5. The van der Waals surface area contributed by atoms with Gasteiger partial charge in [0.2, 0.25) is 5.91 Å². The van der Waals surface area contributed by atoms with Crippen LogP contribution in [0.1, 0.15) is 21.3 Å². The number of hydrogen-bond donors (Lipinski definition) is 1. The minimum absolute atomic E-state index is 0.0658. The molecule has 1 heterocycles. The van der Waals surface area contributed by atoms with Crippen LogP contribution < -0.4 is 15.1 Å². The van der Waals surface area contributed by atoms with E-state index in [1.165, 1.54) is 18.2 Å². The van der Waals surface area contributed by atoms with E-state index in [-0.39, 0.29) is 22.8 Å². The zero-order valence-corrected chi connectivity index (χ0v) is 18.0. The van der Waals surface area contributed by atoms with Crippen LogP contribution in [0.3, 0.4) is 0 Å². The molecule has 0 spiro atoms. The van der Waals surface area contributed by atoms with E-state index in [0.717, 1.165) is 16.9 Å². The molecule has 3 aromatic carbocycles. The SMILES string of the molecule is CN(C)c1ccc(N2C(=O)CSC2c2ccc(NC(=O)c3cccc(F)c3)cc2)cc1. The van der Waals surface area contributed by atoms with E-state index >= 15 is 0 Å². The average Bonchev–Trinajstić information content (AvgIpc) is 3.15. The molecule has 158 valence electrons. The van der Waals surface area contributed by atoms with Crippen LogP contribution >= 0.6 is 11.8 Å². The van der Waals surface area contributed by atoms with Crippen LogP contribution in [0.5, 0.6) is 0 Å². The molecule has 1 unspecified atom stereocenters. The number of carbonyl (C=O) groups is 2. The maximum atomic E-state index is 13.3. The summed E-state index contributed by atoms with van der Waals surface area (Å²) in [5.41, 5.74) is 3.76. The molecule has 0 bridgehead atoms. The lowest BCUT2D eigenvalue weighted by Gasteiger charge is -2.25. The molecule has 31 heavy (non-hydrogen) atoms. The summed E-state index contributed by atoms with van der Waals surface area (Å²) >= 11 is 1.57. The molecule has 0 radical (unpaired) electrons. The molecule has 0 aromatic heterocycles. The predicted molar refractivity (Wildman–Crippen MR) is 124 cm³/mol. The predicted octanol–water partition coefficient (Wildman–Crippen LogP) is 4.92. The second-order valence-corrected chi connectivity index (χ2v) is 8.49. The van der Waals surface area contributed by atoms with Gasteiger partial charge in [0.25, 0.3) is 5.91 Å². The standard InChI is InChI=1S/C24H22FN3O2S/c1-27(2)20-10-12-21(13-11-20)28-22(29)15-31-24(28)16-6-8-19(9-7-16)26-23(30)17-4-3-5-18(25)14-17/h3-14,24H,15H2,1-2H3,(H,26,30). The van der Waals surface area contributed by atoms with Crippen molar-refractivity contribution in [1.82, 2.24) is 0 Å². The highest BCUT2D eigenvalue weighted by molar-refractivity contribution is 8.00. The lowest BCUT2D eigenvalue weighted by Crippen LogP contribution is -2.27. The fourth-order valence-electron chi connectivity index (χ4n) is 3.43. The first-order valence-electron chi connectivity index (χ1n) is 9.80. The number of halogens is 1. The molecule has 1 aliphatic heterocycles. The Bertz CT molecular complexity index is 1100. The van der Waals surface area contributed by atoms with Gasteiger partial charge in [-0.15, -0.1) is 11.8 Å². The van der Waals surface area contributed by atoms with E-state index in [1.54, 1.807) is 30.0 Å². The Morgan fingerprint density at radius 1 is 1.06 bits per heavy atom. The van der Waals surface area contributed by atoms with Crippen molar-refractivity contribution in [3.8, 4) is 0 Å². The number of thioether (sulfide) groups is 1. The summed E-state index contributed by atoms with van der Waals surface area (Å²) in [7, 11) is 3.95. The lowest BCUT2D eigenvalue weighted by atomic mass is 10.1. The first kappa shape index (κ1) is 20.9. The minimum Gasteiger partial charge on any atom is -0.378 e. The molecule has 7 heteroatoms. The van der Waals surface area contributed by atoms with Gasteiger partial charge in [-0.25, -0.2) is 4.39 Å². The van der Waals surface area contributed by atoms with Crippen molar-refractivity contribution in [2.24, 2.45) is 0 Å². The van der Waals surface area contributed by atoms with Crippen molar-refractivity contribution in [3.63, 3.8) is 0 Å². The van der Waals surface area contributed by atoms with Crippen LogP contribution in [0, 0.1) is 5.82 Å². The summed E-state index contributed by atoms with van der Waals surface area (Å²) in [5, 5.41) is 2.64. The van der Waals surface area contributed by atoms with Gasteiger partial charge in [0.1, 0.15) is 11.2 Å². The molecule has 4 rings (SSSR count). The zero-order valence-electron chi connectivity index (χ0n) is 17.2. The Kier molecular flexibility index (Phi) is 5.95. The lowest BCUT2D eigenvalue weighted by molar-refractivity contribution is -0.115. The third-order valence-corrected chi connectivity index (χ3v) is 6.27. The molecule has 1 N–H and O–H groups in total. The second-order valence-electron chi connectivity index (χ2n) is 7.42. The first-order valence-corrected chi connectivity index (χ1v) is 10.9. The first-order chi connectivity index (χ1) is 14.9. The molecule has 1 fully saturated rings.